The van der Waals surface area contributed by atoms with Crippen molar-refractivity contribution in [2.24, 2.45) is 5.92 Å². The fourth-order valence-electron chi connectivity index (χ4n) is 2.69. The number of fused-ring (bicyclic) bond motifs is 1. The molecule has 0 bridgehead atoms. The average Bonchev–Trinajstić information content (AvgIpc) is 3.13. The van der Waals surface area contributed by atoms with E-state index in [0.717, 1.165) is 23.8 Å². The second kappa shape index (κ2) is 6.51. The van der Waals surface area contributed by atoms with E-state index >= 15 is 0 Å². The Labute approximate surface area is 133 Å². The van der Waals surface area contributed by atoms with E-state index < -0.39 is 0 Å². The molecule has 2 aromatic heterocycles. The third-order valence-corrected chi connectivity index (χ3v) is 5.08. The fourth-order valence-corrected chi connectivity index (χ4v) is 3.99. The number of rotatable bonds is 5. The van der Waals surface area contributed by atoms with Gasteiger partial charge < -0.3 is 4.90 Å². The van der Waals surface area contributed by atoms with Crippen molar-refractivity contribution in [3.63, 3.8) is 0 Å². The minimum absolute atomic E-state index is 0.0105. The second-order valence-corrected chi connectivity index (χ2v) is 6.91. The van der Waals surface area contributed by atoms with Crippen molar-refractivity contribution in [2.45, 2.75) is 46.2 Å². The number of tetrazole rings is 1. The molecule has 0 aliphatic heterocycles. The van der Waals surface area contributed by atoms with Gasteiger partial charge >= 0.3 is 0 Å². The molecule has 1 atom stereocenters. The minimum atomic E-state index is 0.0105. The second-order valence-electron chi connectivity index (χ2n) is 5.74. The first-order chi connectivity index (χ1) is 10.7. The molecule has 8 heteroatoms. The van der Waals surface area contributed by atoms with E-state index in [0.29, 0.717) is 13.1 Å². The molecule has 1 amide bonds. The van der Waals surface area contributed by atoms with Crippen LogP contribution in [0.1, 0.15) is 35.8 Å². The van der Waals surface area contributed by atoms with Crippen LogP contribution in [0.15, 0.2) is 6.33 Å². The number of carbonyl (C=O) groups is 1. The molecule has 0 N–H and O–H groups in total. The van der Waals surface area contributed by atoms with Crippen LogP contribution in [-0.2, 0) is 30.7 Å². The Bertz CT molecular complexity index is 638. The van der Waals surface area contributed by atoms with Crippen LogP contribution >= 0.6 is 11.3 Å². The van der Waals surface area contributed by atoms with E-state index in [2.05, 4.69) is 22.4 Å². The molecular formula is C14H20N6OS. The summed E-state index contributed by atoms with van der Waals surface area (Å²) in [6.07, 6.45) is 4.86. The average molecular weight is 320 g/mol. The van der Waals surface area contributed by atoms with Gasteiger partial charge in [0, 0.05) is 11.4 Å². The van der Waals surface area contributed by atoms with Gasteiger partial charge in [-0.3, -0.25) is 4.79 Å². The van der Waals surface area contributed by atoms with E-state index in [-0.39, 0.29) is 12.5 Å². The standard InChI is InChI=1S/C14H20N6OS/c1-3-19(14(21)8-20-9-15-17-18-20)7-13-16-11-5-4-10(2)6-12(11)22-13/h9-10H,3-8H2,1-2H3/t10-/m0/s1. The monoisotopic (exact) mass is 320 g/mol. The first kappa shape index (κ1) is 15.1. The molecule has 2 heterocycles. The number of thiazole rings is 1. The van der Waals surface area contributed by atoms with Gasteiger partial charge in [0.2, 0.25) is 5.91 Å². The summed E-state index contributed by atoms with van der Waals surface area (Å²) in [7, 11) is 0. The molecule has 1 aliphatic carbocycles. The van der Waals surface area contributed by atoms with Crippen LogP contribution in [0.5, 0.6) is 0 Å². The maximum atomic E-state index is 12.3. The Morgan fingerprint density at radius 3 is 3.14 bits per heavy atom. The van der Waals surface area contributed by atoms with Crippen LogP contribution in [0, 0.1) is 5.92 Å². The zero-order valence-electron chi connectivity index (χ0n) is 12.9. The number of likely N-dealkylation sites (N-methyl/N-ethyl adjacent to an activating group) is 1. The predicted molar refractivity (Wildman–Crippen MR) is 82.2 cm³/mol. The lowest BCUT2D eigenvalue weighted by molar-refractivity contribution is -0.132. The summed E-state index contributed by atoms with van der Waals surface area (Å²) < 4.78 is 1.44. The smallest absolute Gasteiger partial charge is 0.244 e. The third-order valence-electron chi connectivity index (χ3n) is 3.98. The van der Waals surface area contributed by atoms with Crippen molar-refractivity contribution >= 4 is 17.2 Å². The molecule has 0 spiro atoms. The Morgan fingerprint density at radius 2 is 2.41 bits per heavy atom. The highest BCUT2D eigenvalue weighted by atomic mass is 32.1. The first-order valence-electron chi connectivity index (χ1n) is 7.61. The predicted octanol–water partition coefficient (Wildman–Crippen LogP) is 1.30. The van der Waals surface area contributed by atoms with Crippen molar-refractivity contribution in [3.8, 4) is 0 Å². The Hall–Kier alpha value is -1.83. The highest BCUT2D eigenvalue weighted by Gasteiger charge is 2.21. The molecule has 2 aromatic rings. The number of aromatic nitrogens is 5. The molecular weight excluding hydrogens is 300 g/mol. The van der Waals surface area contributed by atoms with Gasteiger partial charge in [-0.15, -0.1) is 16.4 Å². The van der Waals surface area contributed by atoms with Gasteiger partial charge in [-0.2, -0.15) is 0 Å². The normalized spacial score (nSPS) is 17.3. The van der Waals surface area contributed by atoms with E-state index in [1.807, 2.05) is 6.92 Å². The van der Waals surface area contributed by atoms with Crippen molar-refractivity contribution in [1.82, 2.24) is 30.1 Å². The zero-order valence-corrected chi connectivity index (χ0v) is 13.7. The molecule has 118 valence electrons. The minimum Gasteiger partial charge on any atom is -0.335 e. The van der Waals surface area contributed by atoms with Gasteiger partial charge in [0.15, 0.2) is 0 Å². The number of nitrogens with zero attached hydrogens (tertiary/aromatic N) is 6. The Kier molecular flexibility index (Phi) is 4.47. The lowest BCUT2D eigenvalue weighted by atomic mass is 9.93. The van der Waals surface area contributed by atoms with Crippen LogP contribution < -0.4 is 0 Å². The van der Waals surface area contributed by atoms with E-state index in [4.69, 9.17) is 4.98 Å². The highest BCUT2D eigenvalue weighted by Crippen LogP contribution is 2.30. The summed E-state index contributed by atoms with van der Waals surface area (Å²) in [5.74, 6) is 0.751. The molecule has 1 aliphatic rings. The van der Waals surface area contributed by atoms with Crippen molar-refractivity contribution in [2.75, 3.05) is 6.54 Å². The molecule has 7 nitrogen and oxygen atoms in total. The van der Waals surface area contributed by atoms with Crippen molar-refractivity contribution in [1.29, 1.82) is 0 Å². The van der Waals surface area contributed by atoms with Gasteiger partial charge in [0.05, 0.1) is 12.2 Å². The van der Waals surface area contributed by atoms with E-state index in [1.165, 1.54) is 28.0 Å². The van der Waals surface area contributed by atoms with Crippen molar-refractivity contribution in [3.05, 3.63) is 21.9 Å². The fraction of sp³-hybridized carbons (Fsp3) is 0.643. The summed E-state index contributed by atoms with van der Waals surface area (Å²) in [5.41, 5.74) is 1.24. The summed E-state index contributed by atoms with van der Waals surface area (Å²) in [5, 5.41) is 11.9. The molecule has 3 rings (SSSR count). The van der Waals surface area contributed by atoms with Crippen LogP contribution in [0.3, 0.4) is 0 Å². The van der Waals surface area contributed by atoms with Gasteiger partial charge in [-0.25, -0.2) is 9.67 Å². The van der Waals surface area contributed by atoms with Gasteiger partial charge in [-0.05, 0) is 42.5 Å². The third kappa shape index (κ3) is 3.32. The zero-order chi connectivity index (χ0) is 15.5. The maximum absolute atomic E-state index is 12.3. The number of aryl methyl sites for hydroxylation is 1. The highest BCUT2D eigenvalue weighted by molar-refractivity contribution is 7.11. The molecule has 0 radical (unpaired) electrons. The summed E-state index contributed by atoms with van der Waals surface area (Å²) in [6.45, 7) is 5.66. The van der Waals surface area contributed by atoms with Gasteiger partial charge in [-0.1, -0.05) is 6.92 Å². The lowest BCUT2D eigenvalue weighted by Gasteiger charge is -2.19. The molecule has 0 saturated carbocycles. The summed E-state index contributed by atoms with van der Waals surface area (Å²) in [4.78, 5) is 20.3. The van der Waals surface area contributed by atoms with Gasteiger partial charge in [0.25, 0.3) is 0 Å². The SMILES string of the molecule is CCN(Cc1nc2c(s1)C[C@@H](C)CC2)C(=O)Cn1cnnn1. The van der Waals surface area contributed by atoms with Crippen LogP contribution in [0.4, 0.5) is 0 Å². The lowest BCUT2D eigenvalue weighted by Crippen LogP contribution is -2.33. The number of hydrogen-bond acceptors (Lipinski definition) is 6. The van der Waals surface area contributed by atoms with Crippen LogP contribution in [0.2, 0.25) is 0 Å². The van der Waals surface area contributed by atoms with Crippen LogP contribution in [0.25, 0.3) is 0 Å². The number of hydrogen-bond donors (Lipinski definition) is 0. The maximum Gasteiger partial charge on any atom is 0.244 e. The summed E-state index contributed by atoms with van der Waals surface area (Å²) in [6, 6.07) is 0. The van der Waals surface area contributed by atoms with E-state index in [1.54, 1.807) is 16.2 Å². The summed E-state index contributed by atoms with van der Waals surface area (Å²) >= 11 is 1.76. The molecule has 22 heavy (non-hydrogen) atoms. The molecule has 0 unspecified atom stereocenters. The van der Waals surface area contributed by atoms with Crippen LogP contribution in [-0.4, -0.2) is 42.5 Å². The molecule has 0 saturated heterocycles. The first-order valence-corrected chi connectivity index (χ1v) is 8.43. The quantitative estimate of drug-likeness (QED) is 0.830. The Balaban J connectivity index is 1.66. The number of amides is 1. The topological polar surface area (TPSA) is 76.8 Å². The Morgan fingerprint density at radius 1 is 1.55 bits per heavy atom. The van der Waals surface area contributed by atoms with Gasteiger partial charge in [0.1, 0.15) is 17.9 Å². The molecule has 0 fully saturated rings. The largest absolute Gasteiger partial charge is 0.335 e. The van der Waals surface area contributed by atoms with E-state index in [9.17, 15) is 4.79 Å². The number of carbonyl (C=O) groups excluding carboxylic acids is 1. The van der Waals surface area contributed by atoms with Crippen molar-refractivity contribution < 1.29 is 4.79 Å². The molecule has 0 aromatic carbocycles.